The third-order valence-corrected chi connectivity index (χ3v) is 5.51. The van der Waals surface area contributed by atoms with Crippen molar-refractivity contribution in [3.63, 3.8) is 0 Å². The van der Waals surface area contributed by atoms with Crippen LogP contribution in [0.4, 0.5) is 10.8 Å². The highest BCUT2D eigenvalue weighted by Gasteiger charge is 2.14. The molecule has 4 aromatic rings. The van der Waals surface area contributed by atoms with Gasteiger partial charge < -0.3 is 5.32 Å². The molecule has 0 saturated heterocycles. The quantitative estimate of drug-likeness (QED) is 0.455. The molecule has 3 aromatic carbocycles. The van der Waals surface area contributed by atoms with Crippen LogP contribution in [-0.2, 0) is 6.42 Å². The van der Waals surface area contributed by atoms with Crippen LogP contribution in [0.5, 0.6) is 0 Å². The van der Waals surface area contributed by atoms with E-state index in [1.165, 1.54) is 11.3 Å². The van der Waals surface area contributed by atoms with Crippen LogP contribution in [0.1, 0.15) is 36.9 Å². The number of carbonyl (C=O) groups excluding carboxylic acids is 2. The largest absolute Gasteiger partial charge is 0.322 e. The lowest BCUT2D eigenvalue weighted by Gasteiger charge is -2.10. The summed E-state index contributed by atoms with van der Waals surface area (Å²) in [6.45, 7) is 1.88. The Morgan fingerprint density at radius 2 is 1.48 bits per heavy atom. The van der Waals surface area contributed by atoms with Gasteiger partial charge in [-0.3, -0.25) is 14.9 Å². The van der Waals surface area contributed by atoms with Gasteiger partial charge in [0.1, 0.15) is 5.01 Å². The van der Waals surface area contributed by atoms with Crippen molar-refractivity contribution in [1.29, 1.82) is 0 Å². The fourth-order valence-corrected chi connectivity index (χ4v) is 3.77. The van der Waals surface area contributed by atoms with Gasteiger partial charge >= 0.3 is 0 Å². The van der Waals surface area contributed by atoms with Gasteiger partial charge in [-0.15, -0.1) is 10.2 Å². The highest BCUT2D eigenvalue weighted by atomic mass is 32.1. The molecule has 2 amide bonds. The number of hydrogen-bond donors (Lipinski definition) is 2. The van der Waals surface area contributed by atoms with E-state index in [9.17, 15) is 9.59 Å². The topological polar surface area (TPSA) is 84.0 Å². The number of rotatable bonds is 6. The summed E-state index contributed by atoms with van der Waals surface area (Å²) in [6, 6.07) is 24.1. The zero-order chi connectivity index (χ0) is 21.6. The van der Waals surface area contributed by atoms with Crippen LogP contribution in [-0.4, -0.2) is 22.0 Å². The average Bonchev–Trinajstić information content (AvgIpc) is 3.23. The van der Waals surface area contributed by atoms with Gasteiger partial charge in [0.25, 0.3) is 11.8 Å². The van der Waals surface area contributed by atoms with Gasteiger partial charge in [0.05, 0.1) is 0 Å². The highest BCUT2D eigenvalue weighted by molar-refractivity contribution is 7.15. The molecule has 1 heterocycles. The Balaban J connectivity index is 1.44. The maximum atomic E-state index is 12.7. The number of aromatic nitrogens is 2. The number of nitrogens with zero attached hydrogens (tertiary/aromatic N) is 2. The van der Waals surface area contributed by atoms with Crippen LogP contribution in [0.15, 0.2) is 78.9 Å². The third kappa shape index (κ3) is 5.21. The minimum atomic E-state index is -0.308. The number of aryl methyl sites for hydroxylation is 1. The molecule has 0 fully saturated rings. The zero-order valence-electron chi connectivity index (χ0n) is 16.8. The Morgan fingerprint density at radius 1 is 0.806 bits per heavy atom. The first kappa shape index (κ1) is 20.4. The molecule has 1 aromatic heterocycles. The van der Waals surface area contributed by atoms with Gasteiger partial charge in [-0.2, -0.15) is 0 Å². The molecule has 4 rings (SSSR count). The predicted octanol–water partition coefficient (Wildman–Crippen LogP) is 4.94. The van der Waals surface area contributed by atoms with Gasteiger partial charge in [-0.25, -0.2) is 0 Å². The second kappa shape index (κ2) is 9.32. The van der Waals surface area contributed by atoms with Crippen LogP contribution >= 0.6 is 11.3 Å². The van der Waals surface area contributed by atoms with Crippen molar-refractivity contribution in [1.82, 2.24) is 10.2 Å². The first-order valence-electron chi connectivity index (χ1n) is 9.73. The van der Waals surface area contributed by atoms with E-state index in [1.54, 1.807) is 42.5 Å². The number of benzene rings is 3. The lowest BCUT2D eigenvalue weighted by atomic mass is 10.1. The maximum absolute atomic E-state index is 12.7. The minimum absolute atomic E-state index is 0.226. The number of nitrogens with one attached hydrogen (secondary N) is 2. The second-order valence-electron chi connectivity index (χ2n) is 6.97. The maximum Gasteiger partial charge on any atom is 0.257 e. The molecule has 0 aliphatic heterocycles. The fourth-order valence-electron chi connectivity index (χ4n) is 3.00. The van der Waals surface area contributed by atoms with Crippen molar-refractivity contribution in [2.24, 2.45) is 0 Å². The Labute approximate surface area is 184 Å². The second-order valence-corrected chi connectivity index (χ2v) is 8.03. The summed E-state index contributed by atoms with van der Waals surface area (Å²) in [5.41, 5.74) is 3.56. The van der Waals surface area contributed by atoms with E-state index in [4.69, 9.17) is 0 Å². The summed E-state index contributed by atoms with van der Waals surface area (Å²) in [5, 5.41) is 15.2. The number of anilines is 2. The van der Waals surface area contributed by atoms with Crippen molar-refractivity contribution in [2.45, 2.75) is 13.3 Å². The molecule has 154 valence electrons. The van der Waals surface area contributed by atoms with E-state index in [1.807, 2.05) is 43.3 Å². The first-order chi connectivity index (χ1) is 15.1. The number of carbonyl (C=O) groups is 2. The van der Waals surface area contributed by atoms with Crippen molar-refractivity contribution >= 4 is 34.0 Å². The van der Waals surface area contributed by atoms with Gasteiger partial charge in [0, 0.05) is 23.2 Å². The molecule has 2 N–H and O–H groups in total. The molecule has 31 heavy (non-hydrogen) atoms. The van der Waals surface area contributed by atoms with Crippen LogP contribution in [0.3, 0.4) is 0 Å². The summed E-state index contributed by atoms with van der Waals surface area (Å²) in [4.78, 5) is 25.2. The first-order valence-corrected chi connectivity index (χ1v) is 10.5. The molecule has 0 radical (unpaired) electrons. The van der Waals surface area contributed by atoms with Crippen LogP contribution in [0.2, 0.25) is 0 Å². The van der Waals surface area contributed by atoms with Crippen molar-refractivity contribution in [2.75, 3.05) is 10.6 Å². The molecule has 7 heteroatoms. The summed E-state index contributed by atoms with van der Waals surface area (Å²) < 4.78 is 0. The van der Waals surface area contributed by atoms with E-state index in [0.29, 0.717) is 28.4 Å². The average molecular weight is 429 g/mol. The lowest BCUT2D eigenvalue weighted by molar-refractivity contribution is 0.101. The van der Waals surface area contributed by atoms with E-state index >= 15 is 0 Å². The minimum Gasteiger partial charge on any atom is -0.322 e. The highest BCUT2D eigenvalue weighted by Crippen LogP contribution is 2.22. The van der Waals surface area contributed by atoms with Crippen LogP contribution < -0.4 is 10.6 Å². The van der Waals surface area contributed by atoms with Crippen molar-refractivity contribution in [3.05, 3.63) is 106 Å². The standard InChI is InChI=1S/C24H20N4O2S/c1-16-12-13-19(15-20(16)25-22(29)18-10-6-3-7-11-18)23(30)26-24-28-27-21(31-24)14-17-8-4-2-5-9-17/h2-13,15H,14H2,1H3,(H,25,29)(H,26,28,30). The van der Waals surface area contributed by atoms with Gasteiger partial charge in [-0.05, 0) is 42.3 Å². The molecule has 0 aliphatic carbocycles. The van der Waals surface area contributed by atoms with Crippen LogP contribution in [0, 0.1) is 6.92 Å². The predicted molar refractivity (Wildman–Crippen MR) is 123 cm³/mol. The Morgan fingerprint density at radius 3 is 2.23 bits per heavy atom. The van der Waals surface area contributed by atoms with Crippen LogP contribution in [0.25, 0.3) is 0 Å². The van der Waals surface area contributed by atoms with E-state index in [-0.39, 0.29) is 11.8 Å². The zero-order valence-corrected chi connectivity index (χ0v) is 17.6. The van der Waals surface area contributed by atoms with Crippen molar-refractivity contribution in [3.8, 4) is 0 Å². The van der Waals surface area contributed by atoms with Gasteiger partial charge in [0.15, 0.2) is 0 Å². The fraction of sp³-hybridized carbons (Fsp3) is 0.0833. The Kier molecular flexibility index (Phi) is 6.14. The normalized spacial score (nSPS) is 10.5. The molecular formula is C24H20N4O2S. The summed E-state index contributed by atoms with van der Waals surface area (Å²) in [6.07, 6.45) is 0.661. The third-order valence-electron chi connectivity index (χ3n) is 4.67. The molecule has 0 aliphatic rings. The molecule has 0 unspecified atom stereocenters. The van der Waals surface area contributed by atoms with E-state index < -0.39 is 0 Å². The smallest absolute Gasteiger partial charge is 0.257 e. The van der Waals surface area contributed by atoms with Crippen molar-refractivity contribution < 1.29 is 9.59 Å². The summed E-state index contributed by atoms with van der Waals surface area (Å²) in [7, 11) is 0. The van der Waals surface area contributed by atoms with Gasteiger partial charge in [-0.1, -0.05) is 65.9 Å². The van der Waals surface area contributed by atoms with Gasteiger partial charge in [0.2, 0.25) is 5.13 Å². The molecule has 0 atom stereocenters. The molecular weight excluding hydrogens is 408 g/mol. The monoisotopic (exact) mass is 428 g/mol. The summed E-state index contributed by atoms with van der Waals surface area (Å²) in [5.74, 6) is -0.534. The lowest BCUT2D eigenvalue weighted by Crippen LogP contribution is -2.15. The SMILES string of the molecule is Cc1ccc(C(=O)Nc2nnc(Cc3ccccc3)s2)cc1NC(=O)c1ccccc1. The Hall–Kier alpha value is -3.84. The molecule has 0 saturated carbocycles. The number of amides is 2. The summed E-state index contributed by atoms with van der Waals surface area (Å²) >= 11 is 1.34. The number of hydrogen-bond acceptors (Lipinski definition) is 5. The molecule has 6 nitrogen and oxygen atoms in total. The van der Waals surface area contributed by atoms with E-state index in [0.717, 1.165) is 16.1 Å². The Bertz CT molecular complexity index is 1210. The molecule has 0 bridgehead atoms. The van der Waals surface area contributed by atoms with E-state index in [2.05, 4.69) is 20.8 Å². The molecule has 0 spiro atoms.